The zero-order chi connectivity index (χ0) is 23.4. The molecule has 7 nitrogen and oxygen atoms in total. The van der Waals surface area contributed by atoms with Crippen molar-refractivity contribution in [2.75, 3.05) is 11.1 Å². The van der Waals surface area contributed by atoms with Gasteiger partial charge in [-0.15, -0.1) is 0 Å². The van der Waals surface area contributed by atoms with Gasteiger partial charge >= 0.3 is 6.09 Å². The summed E-state index contributed by atoms with van der Waals surface area (Å²) >= 11 is 0. The molecule has 1 aliphatic carbocycles. The fourth-order valence-electron chi connectivity index (χ4n) is 3.64. The molecule has 0 radical (unpaired) electrons. The van der Waals surface area contributed by atoms with E-state index in [0.717, 1.165) is 17.5 Å². The number of carbonyl (C=O) groups is 2. The maximum absolute atomic E-state index is 12.5. The first-order valence-corrected chi connectivity index (χ1v) is 10.9. The van der Waals surface area contributed by atoms with Crippen LogP contribution in [0, 0.1) is 0 Å². The molecule has 0 bridgehead atoms. The molecule has 4 rings (SSSR count). The molecule has 0 aliphatic heterocycles. The van der Waals surface area contributed by atoms with Crippen LogP contribution in [0.25, 0.3) is 0 Å². The van der Waals surface area contributed by atoms with Gasteiger partial charge in [-0.25, -0.2) is 4.79 Å². The summed E-state index contributed by atoms with van der Waals surface area (Å²) in [5.74, 6) is 0.201. The second-order valence-electron chi connectivity index (χ2n) is 8.35. The Bertz CT molecular complexity index is 1130. The number of ether oxygens (including phenoxy) is 1. The summed E-state index contributed by atoms with van der Waals surface area (Å²) in [4.78, 5) is 24.7. The normalized spacial score (nSPS) is 17.6. The van der Waals surface area contributed by atoms with Crippen LogP contribution in [0.1, 0.15) is 52.4 Å². The molecule has 7 heteroatoms. The molecule has 2 amide bonds. The van der Waals surface area contributed by atoms with Gasteiger partial charge in [-0.1, -0.05) is 48.5 Å². The van der Waals surface area contributed by atoms with Crippen LogP contribution >= 0.6 is 0 Å². The highest BCUT2D eigenvalue weighted by Gasteiger charge is 2.34. The van der Waals surface area contributed by atoms with Crippen LogP contribution in [0.4, 0.5) is 16.2 Å². The van der Waals surface area contributed by atoms with Crippen molar-refractivity contribution in [3.05, 3.63) is 95.1 Å². The molecule has 2 unspecified atom stereocenters. The highest BCUT2D eigenvalue weighted by Crippen LogP contribution is 2.38. The van der Waals surface area contributed by atoms with Gasteiger partial charge in [0.25, 0.3) is 5.91 Å². The van der Waals surface area contributed by atoms with Gasteiger partial charge in [0.1, 0.15) is 6.61 Å². The minimum atomic E-state index is -0.503. The zero-order valence-corrected chi connectivity index (χ0v) is 18.5. The Kier molecular flexibility index (Phi) is 6.60. The average molecular weight is 445 g/mol. The number of hydrogen-bond donors (Lipinski definition) is 4. The fraction of sp³-hybridized carbons (Fsp3) is 0.231. The SMILES string of the molecule is CC(NC(=O)OCc1ccc(C2C[C@@H]2N)cc1)c1ccc(C(=O)Nc2ccccc2N)cc1. The van der Waals surface area contributed by atoms with Gasteiger partial charge in [-0.2, -0.15) is 0 Å². The molecule has 3 aromatic carbocycles. The van der Waals surface area contributed by atoms with E-state index in [1.807, 2.05) is 31.2 Å². The summed E-state index contributed by atoms with van der Waals surface area (Å²) in [6.45, 7) is 2.05. The van der Waals surface area contributed by atoms with Gasteiger partial charge in [-0.3, -0.25) is 4.79 Å². The molecular formula is C26H28N4O3. The van der Waals surface area contributed by atoms with Gasteiger partial charge in [0.2, 0.25) is 0 Å². The highest BCUT2D eigenvalue weighted by atomic mass is 16.5. The topological polar surface area (TPSA) is 119 Å². The van der Waals surface area contributed by atoms with E-state index in [2.05, 4.69) is 10.6 Å². The van der Waals surface area contributed by atoms with E-state index in [9.17, 15) is 9.59 Å². The maximum atomic E-state index is 12.5. The van der Waals surface area contributed by atoms with Crippen LogP contribution in [0.15, 0.2) is 72.8 Å². The van der Waals surface area contributed by atoms with E-state index >= 15 is 0 Å². The number of nitrogens with one attached hydrogen (secondary N) is 2. The summed E-state index contributed by atoms with van der Waals surface area (Å²) in [5, 5.41) is 5.61. The summed E-state index contributed by atoms with van der Waals surface area (Å²) < 4.78 is 5.35. The molecule has 0 saturated heterocycles. The van der Waals surface area contributed by atoms with Crippen LogP contribution in [-0.4, -0.2) is 18.0 Å². The summed E-state index contributed by atoms with van der Waals surface area (Å²) in [7, 11) is 0. The number of hydrogen-bond acceptors (Lipinski definition) is 5. The lowest BCUT2D eigenvalue weighted by molar-refractivity contribution is 0.102. The van der Waals surface area contributed by atoms with Gasteiger partial charge in [0.15, 0.2) is 0 Å². The molecular weight excluding hydrogens is 416 g/mol. The second kappa shape index (κ2) is 9.75. The first-order chi connectivity index (χ1) is 15.9. The molecule has 0 heterocycles. The van der Waals surface area contributed by atoms with E-state index in [1.165, 1.54) is 5.56 Å². The lowest BCUT2D eigenvalue weighted by Crippen LogP contribution is -2.27. The number of rotatable bonds is 7. The summed E-state index contributed by atoms with van der Waals surface area (Å²) in [6, 6.07) is 22.1. The van der Waals surface area contributed by atoms with Gasteiger partial charge < -0.3 is 26.8 Å². The molecule has 0 spiro atoms. The van der Waals surface area contributed by atoms with Crippen molar-refractivity contribution in [1.29, 1.82) is 0 Å². The molecule has 3 atom stereocenters. The van der Waals surface area contributed by atoms with Crippen molar-refractivity contribution in [3.63, 3.8) is 0 Å². The van der Waals surface area contributed by atoms with Crippen molar-refractivity contribution in [1.82, 2.24) is 5.32 Å². The molecule has 0 aromatic heterocycles. The van der Waals surface area contributed by atoms with E-state index in [-0.39, 0.29) is 24.6 Å². The minimum absolute atomic E-state index is 0.192. The smallest absolute Gasteiger partial charge is 0.407 e. The Balaban J connectivity index is 1.26. The lowest BCUT2D eigenvalue weighted by Gasteiger charge is -2.15. The maximum Gasteiger partial charge on any atom is 0.407 e. The van der Waals surface area contributed by atoms with E-state index in [1.54, 1.807) is 48.5 Å². The predicted molar refractivity (Wildman–Crippen MR) is 129 cm³/mol. The number of carbonyl (C=O) groups excluding carboxylic acids is 2. The van der Waals surface area contributed by atoms with Crippen molar-refractivity contribution < 1.29 is 14.3 Å². The third-order valence-corrected chi connectivity index (χ3v) is 5.83. The number of nitrogens with two attached hydrogens (primary N) is 2. The molecule has 1 fully saturated rings. The number of nitrogen functional groups attached to an aromatic ring is 1. The van der Waals surface area contributed by atoms with Gasteiger partial charge in [0.05, 0.1) is 17.4 Å². The monoisotopic (exact) mass is 444 g/mol. The number of para-hydroxylation sites is 2. The minimum Gasteiger partial charge on any atom is -0.445 e. The van der Waals surface area contributed by atoms with Crippen LogP contribution in [0.3, 0.4) is 0 Å². The molecule has 3 aromatic rings. The Morgan fingerprint density at radius 1 is 1.03 bits per heavy atom. The Hall–Kier alpha value is -3.84. The Morgan fingerprint density at radius 3 is 2.33 bits per heavy atom. The standard InChI is InChI=1S/C26H28N4O3/c1-16(29-26(32)33-15-17-6-8-19(9-7-17)21-14-23(21)28)18-10-12-20(13-11-18)25(31)30-24-5-3-2-4-22(24)27/h2-13,16,21,23H,14-15,27-28H2,1H3,(H,29,32)(H,30,31)/t16?,21?,23-/m0/s1. The van der Waals surface area contributed by atoms with Crippen molar-refractivity contribution in [2.45, 2.75) is 38.0 Å². The van der Waals surface area contributed by atoms with Crippen molar-refractivity contribution in [3.8, 4) is 0 Å². The van der Waals surface area contributed by atoms with E-state index < -0.39 is 6.09 Å². The molecule has 170 valence electrons. The molecule has 1 saturated carbocycles. The van der Waals surface area contributed by atoms with Gasteiger partial charge in [-0.05, 0) is 54.3 Å². The summed E-state index contributed by atoms with van der Waals surface area (Å²) in [6.07, 6.45) is 0.529. The Labute approximate surface area is 193 Å². The third-order valence-electron chi connectivity index (χ3n) is 5.83. The zero-order valence-electron chi connectivity index (χ0n) is 18.5. The Morgan fingerprint density at radius 2 is 1.70 bits per heavy atom. The predicted octanol–water partition coefficient (Wildman–Crippen LogP) is 4.32. The third kappa shape index (κ3) is 5.70. The average Bonchev–Trinajstić information content (AvgIpc) is 3.56. The van der Waals surface area contributed by atoms with Crippen molar-refractivity contribution in [2.24, 2.45) is 5.73 Å². The first kappa shape index (κ1) is 22.4. The van der Waals surface area contributed by atoms with Gasteiger partial charge in [0, 0.05) is 17.5 Å². The van der Waals surface area contributed by atoms with Crippen molar-refractivity contribution >= 4 is 23.4 Å². The second-order valence-corrected chi connectivity index (χ2v) is 8.35. The lowest BCUT2D eigenvalue weighted by atomic mass is 10.1. The first-order valence-electron chi connectivity index (χ1n) is 10.9. The number of anilines is 2. The molecule has 1 aliphatic rings. The quantitative estimate of drug-likeness (QED) is 0.405. The van der Waals surface area contributed by atoms with Crippen LogP contribution in [0.5, 0.6) is 0 Å². The molecule has 6 N–H and O–H groups in total. The van der Waals surface area contributed by atoms with E-state index in [4.69, 9.17) is 16.2 Å². The van der Waals surface area contributed by atoms with Crippen LogP contribution in [-0.2, 0) is 11.3 Å². The largest absolute Gasteiger partial charge is 0.445 e. The molecule has 33 heavy (non-hydrogen) atoms. The van der Waals surface area contributed by atoms with Crippen LogP contribution in [0.2, 0.25) is 0 Å². The number of alkyl carbamates (subject to hydrolysis) is 1. The highest BCUT2D eigenvalue weighted by molar-refractivity contribution is 6.05. The number of amides is 2. The van der Waals surface area contributed by atoms with Crippen LogP contribution < -0.4 is 22.1 Å². The fourth-order valence-corrected chi connectivity index (χ4v) is 3.64. The van der Waals surface area contributed by atoms with E-state index in [0.29, 0.717) is 22.9 Å². The number of benzene rings is 3. The summed E-state index contributed by atoms with van der Waals surface area (Å²) in [5.41, 5.74) is 16.3.